The first-order chi connectivity index (χ1) is 9.44. The number of hydrogen-bond donors (Lipinski definition) is 0. The lowest BCUT2D eigenvalue weighted by Gasteiger charge is -2.21. The minimum atomic E-state index is -4.16. The van der Waals surface area contributed by atoms with Crippen molar-refractivity contribution in [1.82, 2.24) is 4.90 Å². The van der Waals surface area contributed by atoms with Gasteiger partial charge in [-0.15, -0.1) is 0 Å². The first kappa shape index (κ1) is 16.3. The molecule has 0 aliphatic carbocycles. The molecule has 0 unspecified atom stereocenters. The number of halogens is 3. The zero-order chi connectivity index (χ0) is 15.0. The zero-order valence-corrected chi connectivity index (χ0v) is 11.3. The second kappa shape index (κ2) is 7.75. The van der Waals surface area contributed by atoms with Crippen molar-refractivity contribution in [2.45, 2.75) is 19.5 Å². The molecule has 1 aromatic rings. The fourth-order valence-electron chi connectivity index (χ4n) is 1.71. The van der Waals surface area contributed by atoms with Crippen molar-refractivity contribution >= 4 is 0 Å². The van der Waals surface area contributed by atoms with E-state index in [2.05, 4.69) is 0 Å². The molecule has 0 radical (unpaired) electrons. The maximum Gasteiger partial charge on any atom is 0.401 e. The van der Waals surface area contributed by atoms with Crippen LogP contribution in [0.5, 0.6) is 5.75 Å². The highest BCUT2D eigenvalue weighted by atomic mass is 19.4. The van der Waals surface area contributed by atoms with Crippen LogP contribution < -0.4 is 4.74 Å². The summed E-state index contributed by atoms with van der Waals surface area (Å²) in [6.45, 7) is 1.86. The van der Waals surface area contributed by atoms with Crippen LogP contribution in [0.3, 0.4) is 0 Å². The maximum atomic E-state index is 12.2. The van der Waals surface area contributed by atoms with Crippen LogP contribution in [0.4, 0.5) is 13.2 Å². The largest absolute Gasteiger partial charge is 0.494 e. The molecule has 0 aromatic heterocycles. The van der Waals surface area contributed by atoms with E-state index in [4.69, 9.17) is 10.00 Å². The van der Waals surface area contributed by atoms with E-state index in [0.29, 0.717) is 37.4 Å². The number of alkyl halides is 3. The van der Waals surface area contributed by atoms with Crippen LogP contribution in [0, 0.1) is 11.3 Å². The Hall–Kier alpha value is -1.74. The van der Waals surface area contributed by atoms with Crippen LogP contribution in [0.25, 0.3) is 0 Å². The highest BCUT2D eigenvalue weighted by molar-refractivity contribution is 5.34. The van der Waals surface area contributed by atoms with Crippen molar-refractivity contribution in [2.24, 2.45) is 0 Å². The van der Waals surface area contributed by atoms with Gasteiger partial charge in [0, 0.05) is 6.54 Å². The Labute approximate surface area is 116 Å². The summed E-state index contributed by atoms with van der Waals surface area (Å²) < 4.78 is 42.1. The Kier molecular flexibility index (Phi) is 6.32. The maximum absolute atomic E-state index is 12.2. The number of rotatable bonds is 7. The standard InChI is InChI=1S/C14H17F3N2O/c1-2-19(11-14(15,16)17)8-3-9-20-13-6-4-12(10-18)5-7-13/h4-7H,2-3,8-9,11H2,1H3. The molecule has 20 heavy (non-hydrogen) atoms. The molecule has 0 amide bonds. The number of benzene rings is 1. The second-order valence-electron chi connectivity index (χ2n) is 4.32. The molecule has 0 aliphatic heterocycles. The smallest absolute Gasteiger partial charge is 0.401 e. The van der Waals surface area contributed by atoms with Gasteiger partial charge in [-0.2, -0.15) is 18.4 Å². The normalized spacial score (nSPS) is 11.4. The lowest BCUT2D eigenvalue weighted by atomic mass is 10.2. The van der Waals surface area contributed by atoms with Gasteiger partial charge >= 0.3 is 6.18 Å². The van der Waals surface area contributed by atoms with E-state index in [-0.39, 0.29) is 0 Å². The summed E-state index contributed by atoms with van der Waals surface area (Å²) in [6, 6.07) is 8.61. The van der Waals surface area contributed by atoms with Crippen molar-refractivity contribution in [1.29, 1.82) is 5.26 Å². The van der Waals surface area contributed by atoms with Crippen LogP contribution in [-0.2, 0) is 0 Å². The van der Waals surface area contributed by atoms with E-state index in [0.717, 1.165) is 0 Å². The number of nitrogens with zero attached hydrogens (tertiary/aromatic N) is 2. The summed E-state index contributed by atoms with van der Waals surface area (Å²) in [6.07, 6.45) is -3.64. The van der Waals surface area contributed by atoms with Crippen molar-refractivity contribution in [2.75, 3.05) is 26.2 Å². The van der Waals surface area contributed by atoms with E-state index in [9.17, 15) is 13.2 Å². The predicted molar refractivity (Wildman–Crippen MR) is 69.4 cm³/mol. The van der Waals surface area contributed by atoms with Crippen molar-refractivity contribution < 1.29 is 17.9 Å². The Morgan fingerprint density at radius 1 is 1.25 bits per heavy atom. The Morgan fingerprint density at radius 2 is 1.90 bits per heavy atom. The third-order valence-corrected chi connectivity index (χ3v) is 2.72. The lowest BCUT2D eigenvalue weighted by molar-refractivity contribution is -0.145. The van der Waals surface area contributed by atoms with E-state index < -0.39 is 12.7 Å². The average molecular weight is 286 g/mol. The fourth-order valence-corrected chi connectivity index (χ4v) is 1.71. The van der Waals surface area contributed by atoms with Gasteiger partial charge in [-0.1, -0.05) is 6.92 Å². The third kappa shape index (κ3) is 6.43. The minimum absolute atomic E-state index is 0.340. The van der Waals surface area contributed by atoms with Gasteiger partial charge in [-0.25, -0.2) is 0 Å². The molecule has 0 saturated carbocycles. The summed E-state index contributed by atoms with van der Waals surface area (Å²) in [5.74, 6) is 0.614. The highest BCUT2D eigenvalue weighted by Crippen LogP contribution is 2.16. The van der Waals surface area contributed by atoms with Crippen molar-refractivity contribution in [3.63, 3.8) is 0 Å². The summed E-state index contributed by atoms with van der Waals surface area (Å²) in [5.41, 5.74) is 0.541. The van der Waals surface area contributed by atoms with E-state index in [1.165, 1.54) is 4.90 Å². The van der Waals surface area contributed by atoms with E-state index in [1.54, 1.807) is 31.2 Å². The van der Waals surface area contributed by atoms with E-state index >= 15 is 0 Å². The number of hydrogen-bond acceptors (Lipinski definition) is 3. The minimum Gasteiger partial charge on any atom is -0.494 e. The number of ether oxygens (including phenoxy) is 1. The van der Waals surface area contributed by atoms with Crippen LogP contribution in [0.15, 0.2) is 24.3 Å². The van der Waals surface area contributed by atoms with Crippen LogP contribution in [0.2, 0.25) is 0 Å². The lowest BCUT2D eigenvalue weighted by Crippen LogP contribution is -2.35. The molecule has 0 bridgehead atoms. The topological polar surface area (TPSA) is 36.3 Å². The highest BCUT2D eigenvalue weighted by Gasteiger charge is 2.29. The second-order valence-corrected chi connectivity index (χ2v) is 4.32. The number of nitriles is 1. The van der Waals surface area contributed by atoms with Crippen molar-refractivity contribution in [3.05, 3.63) is 29.8 Å². The third-order valence-electron chi connectivity index (χ3n) is 2.72. The molecular formula is C14H17F3N2O. The molecule has 0 heterocycles. The van der Waals surface area contributed by atoms with Gasteiger partial charge in [0.1, 0.15) is 5.75 Å². The molecule has 0 atom stereocenters. The molecule has 6 heteroatoms. The van der Waals surface area contributed by atoms with Crippen molar-refractivity contribution in [3.8, 4) is 11.8 Å². The molecule has 0 aliphatic rings. The SMILES string of the molecule is CCN(CCCOc1ccc(C#N)cc1)CC(F)(F)F. The Morgan fingerprint density at radius 3 is 2.40 bits per heavy atom. The molecular weight excluding hydrogens is 269 g/mol. The van der Waals surface area contributed by atoms with Gasteiger partial charge in [-0.05, 0) is 37.2 Å². The molecule has 0 saturated heterocycles. The molecule has 110 valence electrons. The Balaban J connectivity index is 2.28. The first-order valence-corrected chi connectivity index (χ1v) is 6.36. The van der Waals surface area contributed by atoms with Gasteiger partial charge in [0.25, 0.3) is 0 Å². The van der Waals surface area contributed by atoms with E-state index in [1.807, 2.05) is 6.07 Å². The molecule has 0 spiro atoms. The van der Waals surface area contributed by atoms with Gasteiger partial charge in [-0.3, -0.25) is 4.90 Å². The average Bonchev–Trinajstić information content (AvgIpc) is 2.41. The predicted octanol–water partition coefficient (Wildman–Crippen LogP) is 3.21. The summed E-state index contributed by atoms with van der Waals surface area (Å²) in [7, 11) is 0. The zero-order valence-electron chi connectivity index (χ0n) is 11.3. The van der Waals surface area contributed by atoms with Gasteiger partial charge in [0.2, 0.25) is 0 Å². The fraction of sp³-hybridized carbons (Fsp3) is 0.500. The van der Waals surface area contributed by atoms with Gasteiger partial charge in [0.15, 0.2) is 0 Å². The monoisotopic (exact) mass is 286 g/mol. The Bertz CT molecular complexity index is 437. The molecule has 3 nitrogen and oxygen atoms in total. The van der Waals surface area contributed by atoms with Crippen LogP contribution in [0.1, 0.15) is 18.9 Å². The van der Waals surface area contributed by atoms with Gasteiger partial charge in [0.05, 0.1) is 24.8 Å². The molecule has 1 rings (SSSR count). The molecule has 0 fully saturated rings. The van der Waals surface area contributed by atoms with Gasteiger partial charge < -0.3 is 4.74 Å². The van der Waals surface area contributed by atoms with Crippen LogP contribution >= 0.6 is 0 Å². The summed E-state index contributed by atoms with van der Waals surface area (Å²) in [4.78, 5) is 1.34. The first-order valence-electron chi connectivity index (χ1n) is 6.36. The van der Waals surface area contributed by atoms with Crippen LogP contribution in [-0.4, -0.2) is 37.3 Å². The summed E-state index contributed by atoms with van der Waals surface area (Å²) in [5, 5.41) is 8.64. The molecule has 0 N–H and O–H groups in total. The molecule has 1 aromatic carbocycles. The quantitative estimate of drug-likeness (QED) is 0.722. The summed E-state index contributed by atoms with van der Waals surface area (Å²) >= 11 is 0.